The van der Waals surface area contributed by atoms with E-state index in [-0.39, 0.29) is 11.9 Å². The molecule has 1 fully saturated rings. The molecule has 0 radical (unpaired) electrons. The van der Waals surface area contributed by atoms with E-state index in [2.05, 4.69) is 27.5 Å². The Balaban J connectivity index is 1.68. The van der Waals surface area contributed by atoms with Gasteiger partial charge >= 0.3 is 0 Å². The molecule has 2 aliphatic rings. The highest BCUT2D eigenvalue weighted by molar-refractivity contribution is 5.79. The first-order chi connectivity index (χ1) is 11.2. The van der Waals surface area contributed by atoms with E-state index in [4.69, 9.17) is 0 Å². The van der Waals surface area contributed by atoms with Crippen molar-refractivity contribution in [1.29, 1.82) is 0 Å². The van der Waals surface area contributed by atoms with Gasteiger partial charge in [0, 0.05) is 45.5 Å². The molecule has 1 aliphatic carbocycles. The number of piperazine rings is 1. The first kappa shape index (κ1) is 16.2. The van der Waals surface area contributed by atoms with Gasteiger partial charge in [-0.25, -0.2) is 4.98 Å². The topological polar surface area (TPSA) is 41.4 Å². The third-order valence-corrected chi connectivity index (χ3v) is 5.17. The molecule has 0 bridgehead atoms. The van der Waals surface area contributed by atoms with Gasteiger partial charge in [-0.15, -0.1) is 0 Å². The van der Waals surface area contributed by atoms with Crippen LogP contribution in [0.3, 0.4) is 0 Å². The number of likely N-dealkylation sites (N-methyl/N-ethyl adjacent to an activating group) is 1. The van der Waals surface area contributed by atoms with Gasteiger partial charge in [-0.3, -0.25) is 9.69 Å². The van der Waals surface area contributed by atoms with Crippen LogP contribution in [0.2, 0.25) is 0 Å². The predicted octanol–water partition coefficient (Wildman–Crippen LogP) is 2.52. The smallest absolute Gasteiger partial charge is 0.226 e. The molecule has 23 heavy (non-hydrogen) atoms. The fourth-order valence-electron chi connectivity index (χ4n) is 3.74. The Hall–Kier alpha value is -1.62. The van der Waals surface area contributed by atoms with E-state index in [1.165, 1.54) is 18.4 Å². The largest absolute Gasteiger partial charge is 0.339 e. The molecule has 1 unspecified atom stereocenters. The number of nitrogens with zero attached hydrogens (tertiary/aromatic N) is 4. The summed E-state index contributed by atoms with van der Waals surface area (Å²) in [5.74, 6) is 1.34. The molecule has 5 heteroatoms. The first-order valence-electron chi connectivity index (χ1n) is 8.86. The van der Waals surface area contributed by atoms with Gasteiger partial charge in [-0.1, -0.05) is 18.6 Å². The van der Waals surface area contributed by atoms with Gasteiger partial charge in [0.2, 0.25) is 5.91 Å². The van der Waals surface area contributed by atoms with Crippen LogP contribution in [0.4, 0.5) is 0 Å². The average Bonchev–Trinajstić information content (AvgIpc) is 3.01. The normalized spacial score (nSPS) is 23.0. The van der Waals surface area contributed by atoms with E-state index in [9.17, 15) is 4.79 Å². The van der Waals surface area contributed by atoms with Gasteiger partial charge < -0.3 is 9.47 Å². The Morgan fingerprint density at radius 2 is 2.22 bits per heavy atom. The van der Waals surface area contributed by atoms with Gasteiger partial charge in [-0.2, -0.15) is 0 Å². The summed E-state index contributed by atoms with van der Waals surface area (Å²) in [7, 11) is 2.03. The van der Waals surface area contributed by atoms with E-state index < -0.39 is 0 Å². The number of allylic oxidation sites excluding steroid dienone is 1. The summed E-state index contributed by atoms with van der Waals surface area (Å²) in [6.45, 7) is 5.69. The fraction of sp³-hybridized carbons (Fsp3) is 0.667. The molecule has 0 aromatic carbocycles. The van der Waals surface area contributed by atoms with E-state index in [1.54, 1.807) is 0 Å². The molecule has 3 rings (SSSR count). The number of hydrogen-bond donors (Lipinski definition) is 0. The second-order valence-electron chi connectivity index (χ2n) is 6.67. The Morgan fingerprint density at radius 3 is 2.87 bits per heavy atom. The lowest BCUT2D eigenvalue weighted by Crippen LogP contribution is -2.51. The summed E-state index contributed by atoms with van der Waals surface area (Å²) in [4.78, 5) is 21.7. The lowest BCUT2D eigenvalue weighted by atomic mass is 9.96. The number of hydrogen-bond acceptors (Lipinski definition) is 3. The van der Waals surface area contributed by atoms with Crippen molar-refractivity contribution < 1.29 is 4.79 Å². The number of imidazole rings is 1. The van der Waals surface area contributed by atoms with Crippen LogP contribution in [0.15, 0.2) is 24.0 Å². The summed E-state index contributed by atoms with van der Waals surface area (Å²) >= 11 is 0. The Morgan fingerprint density at radius 1 is 1.35 bits per heavy atom. The first-order valence-corrected chi connectivity index (χ1v) is 8.86. The summed E-state index contributed by atoms with van der Waals surface area (Å²) in [6, 6.07) is 0.207. The molecule has 1 saturated heterocycles. The minimum Gasteiger partial charge on any atom is -0.339 e. The quantitative estimate of drug-likeness (QED) is 0.802. The third kappa shape index (κ3) is 3.66. The standard InChI is InChI=1S/C18H28N4O/c1-3-21-11-12-22(14-16(21)18-19-9-10-20(18)2)17(23)13-15-7-5-4-6-8-15/h7,9-10,16H,3-6,8,11-14H2,1-2H3. The minimum atomic E-state index is 0.207. The molecule has 1 aromatic heterocycles. The minimum absolute atomic E-state index is 0.207. The molecule has 0 N–H and O–H groups in total. The number of aryl methyl sites for hydroxylation is 1. The van der Waals surface area contributed by atoms with Gasteiger partial charge in [0.25, 0.3) is 0 Å². The SMILES string of the molecule is CCN1CCN(C(=O)CC2=CCCCC2)CC1c1nccn1C. The van der Waals surface area contributed by atoms with Gasteiger partial charge in [0.05, 0.1) is 6.04 Å². The van der Waals surface area contributed by atoms with Crippen molar-refractivity contribution in [2.24, 2.45) is 7.05 Å². The molecule has 1 amide bonds. The number of aromatic nitrogens is 2. The van der Waals surface area contributed by atoms with Gasteiger partial charge in [-0.05, 0) is 32.2 Å². The monoisotopic (exact) mass is 316 g/mol. The second-order valence-corrected chi connectivity index (χ2v) is 6.67. The predicted molar refractivity (Wildman–Crippen MR) is 90.9 cm³/mol. The lowest BCUT2D eigenvalue weighted by Gasteiger charge is -2.40. The third-order valence-electron chi connectivity index (χ3n) is 5.17. The van der Waals surface area contributed by atoms with E-state index in [0.717, 1.165) is 44.8 Å². The second kappa shape index (κ2) is 7.30. The molecular formula is C18H28N4O. The van der Waals surface area contributed by atoms with Crippen molar-refractivity contribution >= 4 is 5.91 Å². The van der Waals surface area contributed by atoms with E-state index in [1.807, 2.05) is 24.3 Å². The molecule has 0 spiro atoms. The van der Waals surface area contributed by atoms with Crippen LogP contribution < -0.4 is 0 Å². The van der Waals surface area contributed by atoms with Crippen LogP contribution in [0, 0.1) is 0 Å². The Kier molecular flexibility index (Phi) is 5.16. The van der Waals surface area contributed by atoms with Gasteiger partial charge in [0.15, 0.2) is 0 Å². The Bertz CT molecular complexity index is 577. The van der Waals surface area contributed by atoms with Crippen LogP contribution in [0.25, 0.3) is 0 Å². The molecule has 1 aliphatic heterocycles. The van der Waals surface area contributed by atoms with Crippen molar-refractivity contribution in [1.82, 2.24) is 19.4 Å². The van der Waals surface area contributed by atoms with Gasteiger partial charge in [0.1, 0.15) is 5.82 Å². The van der Waals surface area contributed by atoms with Crippen molar-refractivity contribution in [2.45, 2.75) is 45.1 Å². The highest BCUT2D eigenvalue weighted by Gasteiger charge is 2.32. The van der Waals surface area contributed by atoms with Crippen molar-refractivity contribution in [3.63, 3.8) is 0 Å². The highest BCUT2D eigenvalue weighted by atomic mass is 16.2. The fourth-order valence-corrected chi connectivity index (χ4v) is 3.74. The van der Waals surface area contributed by atoms with Crippen LogP contribution in [-0.2, 0) is 11.8 Å². The Labute approximate surface area is 139 Å². The molecule has 5 nitrogen and oxygen atoms in total. The maximum absolute atomic E-state index is 12.7. The number of amides is 1. The molecule has 2 heterocycles. The molecule has 126 valence electrons. The van der Waals surface area contributed by atoms with E-state index >= 15 is 0 Å². The number of carbonyl (C=O) groups is 1. The highest BCUT2D eigenvalue weighted by Crippen LogP contribution is 2.26. The lowest BCUT2D eigenvalue weighted by molar-refractivity contribution is -0.133. The van der Waals surface area contributed by atoms with Crippen molar-refractivity contribution in [2.75, 3.05) is 26.2 Å². The maximum atomic E-state index is 12.7. The summed E-state index contributed by atoms with van der Waals surface area (Å²) in [5.41, 5.74) is 1.34. The maximum Gasteiger partial charge on any atom is 0.226 e. The summed E-state index contributed by atoms with van der Waals surface area (Å²) in [6.07, 6.45) is 11.5. The summed E-state index contributed by atoms with van der Waals surface area (Å²) in [5, 5.41) is 0. The zero-order chi connectivity index (χ0) is 16.2. The molecule has 1 atom stereocenters. The van der Waals surface area contributed by atoms with E-state index in [0.29, 0.717) is 6.42 Å². The molecule has 1 aromatic rings. The molecule has 0 saturated carbocycles. The zero-order valence-electron chi connectivity index (χ0n) is 14.4. The number of rotatable bonds is 4. The van der Waals surface area contributed by atoms with Crippen molar-refractivity contribution in [3.8, 4) is 0 Å². The van der Waals surface area contributed by atoms with Crippen LogP contribution >= 0.6 is 0 Å². The van der Waals surface area contributed by atoms with Crippen LogP contribution in [0.1, 0.15) is 50.9 Å². The average molecular weight is 316 g/mol. The van der Waals surface area contributed by atoms with Crippen molar-refractivity contribution in [3.05, 3.63) is 29.9 Å². The summed E-state index contributed by atoms with van der Waals surface area (Å²) < 4.78 is 2.07. The molecular weight excluding hydrogens is 288 g/mol. The van der Waals surface area contributed by atoms with Crippen LogP contribution in [-0.4, -0.2) is 51.4 Å². The van der Waals surface area contributed by atoms with Crippen LogP contribution in [0.5, 0.6) is 0 Å². The number of carbonyl (C=O) groups excluding carboxylic acids is 1. The zero-order valence-corrected chi connectivity index (χ0v) is 14.4.